The van der Waals surface area contributed by atoms with Crippen LogP contribution in [0.3, 0.4) is 0 Å². The molecule has 2 aliphatic heterocycles. The van der Waals surface area contributed by atoms with E-state index in [1.807, 2.05) is 18.1 Å². The molecule has 0 N–H and O–H groups in total. The van der Waals surface area contributed by atoms with Crippen molar-refractivity contribution >= 4 is 17.4 Å². The van der Waals surface area contributed by atoms with Crippen LogP contribution in [0.15, 0.2) is 6.20 Å². The van der Waals surface area contributed by atoms with Crippen LogP contribution in [0.4, 0.5) is 4.79 Å². The third-order valence-corrected chi connectivity index (χ3v) is 5.19. The first-order chi connectivity index (χ1) is 9.63. The first kappa shape index (κ1) is 13.8. The normalized spacial score (nSPS) is 22.0. The number of hydrogen-bond donors (Lipinski definition) is 0. The molecule has 6 heteroatoms. The van der Waals surface area contributed by atoms with Crippen molar-refractivity contribution in [1.29, 1.82) is 0 Å². The highest BCUT2D eigenvalue weighted by Gasteiger charge is 2.33. The third-order valence-electron chi connectivity index (χ3n) is 4.30. The molecule has 0 unspecified atom stereocenters. The summed E-state index contributed by atoms with van der Waals surface area (Å²) < 4.78 is 0. The van der Waals surface area contributed by atoms with Gasteiger partial charge < -0.3 is 9.80 Å². The van der Waals surface area contributed by atoms with Gasteiger partial charge in [-0.3, -0.25) is 4.90 Å². The van der Waals surface area contributed by atoms with Gasteiger partial charge in [0.15, 0.2) is 0 Å². The van der Waals surface area contributed by atoms with Gasteiger partial charge in [-0.15, -0.1) is 11.3 Å². The highest BCUT2D eigenvalue weighted by Crippen LogP contribution is 2.23. The van der Waals surface area contributed by atoms with E-state index in [9.17, 15) is 4.79 Å². The lowest BCUT2D eigenvalue weighted by Crippen LogP contribution is -2.45. The maximum Gasteiger partial charge on any atom is 0.320 e. The summed E-state index contributed by atoms with van der Waals surface area (Å²) in [4.78, 5) is 24.0. The molecule has 2 fully saturated rings. The van der Waals surface area contributed by atoms with Gasteiger partial charge in [-0.2, -0.15) is 0 Å². The van der Waals surface area contributed by atoms with Crippen LogP contribution in [0, 0.1) is 6.92 Å². The summed E-state index contributed by atoms with van der Waals surface area (Å²) >= 11 is 1.78. The van der Waals surface area contributed by atoms with Gasteiger partial charge in [-0.05, 0) is 19.8 Å². The van der Waals surface area contributed by atoms with Crippen LogP contribution in [-0.4, -0.2) is 65.0 Å². The number of rotatable bonds is 3. The third kappa shape index (κ3) is 2.81. The van der Waals surface area contributed by atoms with Crippen LogP contribution in [0.25, 0.3) is 0 Å². The van der Waals surface area contributed by atoms with Crippen LogP contribution < -0.4 is 0 Å². The van der Waals surface area contributed by atoms with Gasteiger partial charge in [0, 0.05) is 56.9 Å². The number of piperidine rings is 1. The van der Waals surface area contributed by atoms with Crippen molar-refractivity contribution in [2.45, 2.75) is 32.4 Å². The molecule has 0 spiro atoms. The van der Waals surface area contributed by atoms with Crippen molar-refractivity contribution in [3.8, 4) is 0 Å². The number of nitrogens with zero attached hydrogens (tertiary/aromatic N) is 4. The fourth-order valence-corrected chi connectivity index (χ4v) is 3.93. The van der Waals surface area contributed by atoms with E-state index in [0.29, 0.717) is 6.04 Å². The topological polar surface area (TPSA) is 39.7 Å². The number of urea groups is 1. The predicted octanol–water partition coefficient (Wildman–Crippen LogP) is 1.78. The van der Waals surface area contributed by atoms with Gasteiger partial charge in [0.05, 0.1) is 5.01 Å². The highest BCUT2D eigenvalue weighted by molar-refractivity contribution is 7.11. The van der Waals surface area contributed by atoms with Crippen molar-refractivity contribution in [2.75, 3.05) is 33.2 Å². The summed E-state index contributed by atoms with van der Waals surface area (Å²) in [5.41, 5.74) is 0. The number of likely N-dealkylation sites (N-methyl/N-ethyl adjacent to an activating group) is 1. The second-order valence-corrected chi connectivity index (χ2v) is 7.07. The standard InChI is InChI=1S/C14H22N4OS/c1-11-15-9-13(20-11)10-17-5-3-12(4-6-17)18-8-7-16(2)14(18)19/h9,12H,3-8,10H2,1-2H3. The molecule has 5 nitrogen and oxygen atoms in total. The average Bonchev–Trinajstić information content (AvgIpc) is 2.99. The Labute approximate surface area is 124 Å². The number of amides is 2. The van der Waals surface area contributed by atoms with E-state index >= 15 is 0 Å². The molecule has 3 heterocycles. The lowest BCUT2D eigenvalue weighted by molar-refractivity contribution is 0.128. The Kier molecular flexibility index (Phi) is 3.94. The Morgan fingerprint density at radius 2 is 2.05 bits per heavy atom. The van der Waals surface area contributed by atoms with E-state index in [-0.39, 0.29) is 6.03 Å². The van der Waals surface area contributed by atoms with E-state index in [4.69, 9.17) is 0 Å². The average molecular weight is 294 g/mol. The fraction of sp³-hybridized carbons (Fsp3) is 0.714. The first-order valence-electron chi connectivity index (χ1n) is 7.29. The van der Waals surface area contributed by atoms with Crippen LogP contribution >= 0.6 is 11.3 Å². The summed E-state index contributed by atoms with van der Waals surface area (Å²) in [6, 6.07) is 0.647. The van der Waals surface area contributed by atoms with Crippen molar-refractivity contribution < 1.29 is 4.79 Å². The molecular formula is C14H22N4OS. The monoisotopic (exact) mass is 294 g/mol. The van der Waals surface area contributed by atoms with Gasteiger partial charge in [-0.25, -0.2) is 9.78 Å². The molecule has 0 aromatic carbocycles. The van der Waals surface area contributed by atoms with Crippen LogP contribution in [-0.2, 0) is 6.54 Å². The molecule has 0 saturated carbocycles. The van der Waals surface area contributed by atoms with Crippen molar-refractivity contribution in [3.05, 3.63) is 16.1 Å². The Bertz CT molecular complexity index is 481. The van der Waals surface area contributed by atoms with Gasteiger partial charge in [0.25, 0.3) is 0 Å². The molecule has 0 aliphatic carbocycles. The van der Waals surface area contributed by atoms with Crippen LogP contribution in [0.1, 0.15) is 22.7 Å². The van der Waals surface area contributed by atoms with E-state index in [2.05, 4.69) is 21.7 Å². The Morgan fingerprint density at radius 3 is 2.60 bits per heavy atom. The first-order valence-corrected chi connectivity index (χ1v) is 8.10. The zero-order valence-electron chi connectivity index (χ0n) is 12.2. The second kappa shape index (κ2) is 5.69. The number of thiazole rings is 1. The zero-order chi connectivity index (χ0) is 14.1. The largest absolute Gasteiger partial charge is 0.326 e. The molecule has 0 radical (unpaired) electrons. The number of aromatic nitrogens is 1. The summed E-state index contributed by atoms with van der Waals surface area (Å²) in [5, 5.41) is 1.14. The number of carbonyl (C=O) groups is 1. The molecule has 2 aliphatic rings. The number of carbonyl (C=O) groups excluding carboxylic acids is 1. The predicted molar refractivity (Wildman–Crippen MR) is 79.9 cm³/mol. The number of aryl methyl sites for hydroxylation is 1. The summed E-state index contributed by atoms with van der Waals surface area (Å²) in [6.45, 7) is 6.99. The summed E-state index contributed by atoms with van der Waals surface area (Å²) in [6.07, 6.45) is 4.18. The Morgan fingerprint density at radius 1 is 1.30 bits per heavy atom. The minimum atomic E-state index is 0.210. The van der Waals surface area contributed by atoms with Crippen LogP contribution in [0.5, 0.6) is 0 Å². The van der Waals surface area contributed by atoms with Gasteiger partial charge in [0.2, 0.25) is 0 Å². The lowest BCUT2D eigenvalue weighted by atomic mass is 10.0. The van der Waals surface area contributed by atoms with Gasteiger partial charge >= 0.3 is 6.03 Å². The van der Waals surface area contributed by atoms with Crippen molar-refractivity contribution in [3.63, 3.8) is 0 Å². The van der Waals surface area contributed by atoms with Crippen molar-refractivity contribution in [2.24, 2.45) is 0 Å². The molecule has 1 aromatic rings. The number of likely N-dealkylation sites (tertiary alicyclic amines) is 1. The molecule has 20 heavy (non-hydrogen) atoms. The summed E-state index contributed by atoms with van der Waals surface area (Å²) in [7, 11) is 1.89. The van der Waals surface area contributed by atoms with E-state index in [0.717, 1.165) is 50.6 Å². The molecule has 0 atom stereocenters. The second-order valence-electron chi connectivity index (χ2n) is 5.75. The molecule has 2 saturated heterocycles. The van der Waals surface area contributed by atoms with Crippen molar-refractivity contribution in [1.82, 2.24) is 19.7 Å². The van der Waals surface area contributed by atoms with Gasteiger partial charge in [-0.1, -0.05) is 0 Å². The molecule has 110 valence electrons. The lowest BCUT2D eigenvalue weighted by Gasteiger charge is -2.36. The smallest absolute Gasteiger partial charge is 0.320 e. The SMILES string of the molecule is Cc1ncc(CN2CCC(N3CCN(C)C3=O)CC2)s1. The molecule has 3 rings (SSSR count). The molecular weight excluding hydrogens is 272 g/mol. The Balaban J connectivity index is 1.51. The fourth-order valence-electron chi connectivity index (χ4n) is 3.09. The quantitative estimate of drug-likeness (QED) is 0.853. The minimum absolute atomic E-state index is 0.210. The molecule has 1 aromatic heterocycles. The zero-order valence-corrected chi connectivity index (χ0v) is 13.0. The van der Waals surface area contributed by atoms with Gasteiger partial charge in [0.1, 0.15) is 0 Å². The minimum Gasteiger partial charge on any atom is -0.326 e. The Hall–Kier alpha value is -1.14. The maximum absolute atomic E-state index is 12.0. The van der Waals surface area contributed by atoms with E-state index < -0.39 is 0 Å². The number of hydrogen-bond acceptors (Lipinski definition) is 4. The van der Waals surface area contributed by atoms with E-state index in [1.165, 1.54) is 4.88 Å². The maximum atomic E-state index is 12.0. The highest BCUT2D eigenvalue weighted by atomic mass is 32.1. The van der Waals surface area contributed by atoms with E-state index in [1.54, 1.807) is 11.3 Å². The summed E-state index contributed by atoms with van der Waals surface area (Å²) in [5.74, 6) is 0. The molecule has 2 amide bonds. The van der Waals surface area contributed by atoms with Crippen LogP contribution in [0.2, 0.25) is 0 Å². The molecule has 0 bridgehead atoms.